The summed E-state index contributed by atoms with van der Waals surface area (Å²) >= 11 is 2.66. The summed E-state index contributed by atoms with van der Waals surface area (Å²) in [7, 11) is 0. The van der Waals surface area contributed by atoms with Crippen molar-refractivity contribution in [3.05, 3.63) is 27.5 Å². The normalized spacial score (nSPS) is 12.2. The molecule has 0 unspecified atom stereocenters. The molecule has 8 heteroatoms. The van der Waals surface area contributed by atoms with Crippen LogP contribution in [-0.2, 0) is 12.7 Å². The van der Waals surface area contributed by atoms with Crippen molar-refractivity contribution >= 4 is 15.9 Å². The molecule has 90 valence electrons. The van der Waals surface area contributed by atoms with E-state index in [4.69, 9.17) is 5.73 Å². The average molecular weight is 305 g/mol. The molecule has 0 aliphatic rings. The zero-order valence-electron chi connectivity index (χ0n) is 7.65. The Balaban J connectivity index is 3.47. The Morgan fingerprint density at radius 2 is 1.94 bits per heavy atom. The zero-order valence-corrected chi connectivity index (χ0v) is 9.24. The van der Waals surface area contributed by atoms with Gasteiger partial charge in [-0.05, 0) is 6.07 Å². The molecule has 1 heterocycles. The molecule has 0 aliphatic heterocycles. The van der Waals surface area contributed by atoms with Crippen LogP contribution in [0, 0.1) is 0 Å². The molecule has 0 aliphatic carbocycles. The number of hydrogen-bond donors (Lipinski definition) is 1. The minimum Gasteiger partial charge on any atom is -0.325 e. The van der Waals surface area contributed by atoms with Crippen molar-refractivity contribution in [1.29, 1.82) is 0 Å². The summed E-state index contributed by atoms with van der Waals surface area (Å²) in [4.78, 5) is 3.08. The number of pyridine rings is 1. The van der Waals surface area contributed by atoms with E-state index in [1.54, 1.807) is 0 Å². The van der Waals surface area contributed by atoms with Crippen LogP contribution in [0.3, 0.4) is 0 Å². The molecule has 0 saturated carbocycles. The van der Waals surface area contributed by atoms with E-state index in [1.165, 1.54) is 0 Å². The predicted octanol–water partition coefficient (Wildman–Crippen LogP) is 3.26. The van der Waals surface area contributed by atoms with E-state index in [1.807, 2.05) is 0 Å². The van der Waals surface area contributed by atoms with Crippen LogP contribution in [-0.4, -0.2) is 4.98 Å². The third-order valence-corrected chi connectivity index (χ3v) is 2.41. The van der Waals surface area contributed by atoms with Gasteiger partial charge in [-0.1, -0.05) is 15.9 Å². The van der Waals surface area contributed by atoms with Gasteiger partial charge in [-0.15, -0.1) is 0 Å². The van der Waals surface area contributed by atoms with Crippen molar-refractivity contribution in [2.45, 2.75) is 19.1 Å². The fraction of sp³-hybridized carbons (Fsp3) is 0.375. The van der Waals surface area contributed by atoms with Crippen LogP contribution in [0.25, 0.3) is 0 Å². The second-order valence-electron chi connectivity index (χ2n) is 2.86. The second-order valence-corrected chi connectivity index (χ2v) is 3.71. The van der Waals surface area contributed by atoms with E-state index in [9.17, 15) is 22.0 Å². The molecule has 1 aromatic heterocycles. The van der Waals surface area contributed by atoms with E-state index in [-0.39, 0.29) is 16.7 Å². The first kappa shape index (κ1) is 13.3. The van der Waals surface area contributed by atoms with Gasteiger partial charge in [0.2, 0.25) is 0 Å². The largest absolute Gasteiger partial charge is 0.433 e. The fourth-order valence-electron chi connectivity index (χ4n) is 1.10. The highest BCUT2D eigenvalue weighted by Gasteiger charge is 2.39. The summed E-state index contributed by atoms with van der Waals surface area (Å²) in [6.07, 6.45) is -8.19. The number of rotatable bonds is 2. The van der Waals surface area contributed by atoms with E-state index < -0.39 is 23.9 Å². The van der Waals surface area contributed by atoms with Crippen LogP contribution in [0.1, 0.15) is 23.4 Å². The standard InChI is InChI=1S/C8H6BrF5N2/c9-4-1-3(2-15)16-6(8(12,13)14)5(4)7(10)11/h1,7H,2,15H2. The summed E-state index contributed by atoms with van der Waals surface area (Å²) in [5.74, 6) is 0. The van der Waals surface area contributed by atoms with Gasteiger partial charge in [0.1, 0.15) is 0 Å². The van der Waals surface area contributed by atoms with Crippen molar-refractivity contribution in [1.82, 2.24) is 4.98 Å². The van der Waals surface area contributed by atoms with Gasteiger partial charge < -0.3 is 5.73 Å². The molecule has 16 heavy (non-hydrogen) atoms. The van der Waals surface area contributed by atoms with Crippen LogP contribution in [0.4, 0.5) is 22.0 Å². The van der Waals surface area contributed by atoms with Crippen LogP contribution in [0.15, 0.2) is 10.5 Å². The monoisotopic (exact) mass is 304 g/mol. The van der Waals surface area contributed by atoms with Crippen molar-refractivity contribution in [2.75, 3.05) is 0 Å². The number of alkyl halides is 5. The lowest BCUT2D eigenvalue weighted by molar-refractivity contribution is -0.143. The van der Waals surface area contributed by atoms with E-state index in [0.717, 1.165) is 6.07 Å². The second kappa shape index (κ2) is 4.62. The van der Waals surface area contributed by atoms with Gasteiger partial charge in [0.15, 0.2) is 5.69 Å². The van der Waals surface area contributed by atoms with Gasteiger partial charge in [-0.3, -0.25) is 0 Å². The Labute approximate surface area is 95.8 Å². The highest BCUT2D eigenvalue weighted by Crippen LogP contribution is 2.38. The SMILES string of the molecule is NCc1cc(Br)c(C(F)F)c(C(F)(F)F)n1. The average Bonchev–Trinajstić information content (AvgIpc) is 2.14. The van der Waals surface area contributed by atoms with E-state index in [0.29, 0.717) is 0 Å². The van der Waals surface area contributed by atoms with Crippen LogP contribution in [0.5, 0.6) is 0 Å². The summed E-state index contributed by atoms with van der Waals surface area (Å²) in [5, 5.41) is 0. The summed E-state index contributed by atoms with van der Waals surface area (Å²) < 4.78 is 61.9. The van der Waals surface area contributed by atoms with Gasteiger partial charge in [0, 0.05) is 11.0 Å². The fourth-order valence-corrected chi connectivity index (χ4v) is 1.73. The molecule has 0 fully saturated rings. The molecule has 0 spiro atoms. The van der Waals surface area contributed by atoms with Crippen molar-refractivity contribution in [3.63, 3.8) is 0 Å². The summed E-state index contributed by atoms with van der Waals surface area (Å²) in [5.41, 5.74) is 2.25. The molecule has 2 N–H and O–H groups in total. The molecule has 0 bridgehead atoms. The topological polar surface area (TPSA) is 38.9 Å². The Bertz CT molecular complexity index is 391. The van der Waals surface area contributed by atoms with Crippen molar-refractivity contribution < 1.29 is 22.0 Å². The molecule has 0 saturated heterocycles. The lowest BCUT2D eigenvalue weighted by atomic mass is 10.1. The van der Waals surface area contributed by atoms with Gasteiger partial charge in [-0.25, -0.2) is 13.8 Å². The number of aromatic nitrogens is 1. The number of hydrogen-bond acceptors (Lipinski definition) is 2. The first-order valence-electron chi connectivity index (χ1n) is 4.02. The Kier molecular flexibility index (Phi) is 3.84. The van der Waals surface area contributed by atoms with E-state index >= 15 is 0 Å². The highest BCUT2D eigenvalue weighted by molar-refractivity contribution is 9.10. The third-order valence-electron chi connectivity index (χ3n) is 1.76. The quantitative estimate of drug-likeness (QED) is 0.852. The van der Waals surface area contributed by atoms with Gasteiger partial charge in [0.05, 0.1) is 11.3 Å². The predicted molar refractivity (Wildman–Crippen MR) is 49.8 cm³/mol. The summed E-state index contributed by atoms with van der Waals surface area (Å²) in [6.45, 7) is -0.259. The number of nitrogens with zero attached hydrogens (tertiary/aromatic N) is 1. The maximum absolute atomic E-state index is 12.5. The Hall–Kier alpha value is -0.760. The number of nitrogens with two attached hydrogens (primary N) is 1. The van der Waals surface area contributed by atoms with Gasteiger partial charge in [-0.2, -0.15) is 13.2 Å². The Morgan fingerprint density at radius 3 is 2.31 bits per heavy atom. The van der Waals surface area contributed by atoms with Crippen LogP contribution < -0.4 is 5.73 Å². The smallest absolute Gasteiger partial charge is 0.325 e. The minimum atomic E-state index is -4.93. The molecular formula is C8H6BrF5N2. The molecular weight excluding hydrogens is 299 g/mol. The lowest BCUT2D eigenvalue weighted by Gasteiger charge is -2.14. The van der Waals surface area contributed by atoms with Crippen LogP contribution in [0.2, 0.25) is 0 Å². The van der Waals surface area contributed by atoms with Crippen LogP contribution >= 0.6 is 15.9 Å². The third kappa shape index (κ3) is 2.67. The van der Waals surface area contributed by atoms with Gasteiger partial charge >= 0.3 is 6.18 Å². The number of halogens is 6. The first-order chi connectivity index (χ1) is 7.27. The zero-order chi connectivity index (χ0) is 12.5. The molecule has 0 atom stereocenters. The maximum Gasteiger partial charge on any atom is 0.433 e. The molecule has 1 aromatic rings. The highest BCUT2D eigenvalue weighted by atomic mass is 79.9. The molecule has 0 aromatic carbocycles. The van der Waals surface area contributed by atoms with Crippen molar-refractivity contribution in [2.24, 2.45) is 5.73 Å². The molecule has 1 rings (SSSR count). The van der Waals surface area contributed by atoms with E-state index in [2.05, 4.69) is 20.9 Å². The molecule has 0 amide bonds. The molecule has 0 radical (unpaired) electrons. The maximum atomic E-state index is 12.5. The van der Waals surface area contributed by atoms with Crippen molar-refractivity contribution in [3.8, 4) is 0 Å². The first-order valence-corrected chi connectivity index (χ1v) is 4.81. The minimum absolute atomic E-state index is 0.108. The lowest BCUT2D eigenvalue weighted by Crippen LogP contribution is -2.15. The summed E-state index contributed by atoms with van der Waals surface area (Å²) in [6, 6.07) is 1.05. The Morgan fingerprint density at radius 1 is 1.38 bits per heavy atom. The van der Waals surface area contributed by atoms with Gasteiger partial charge in [0.25, 0.3) is 6.43 Å². The molecule has 2 nitrogen and oxygen atoms in total.